The molecule has 36 heavy (non-hydrogen) atoms. The Morgan fingerprint density at radius 2 is 1.94 bits per heavy atom. The molecule has 2 aliphatic heterocycles. The van der Waals surface area contributed by atoms with Gasteiger partial charge in [0.15, 0.2) is 18.1 Å². The van der Waals surface area contributed by atoms with Crippen LogP contribution in [0, 0.1) is 6.92 Å². The molecule has 2 amide bonds. The smallest absolute Gasteiger partial charge is 0.266 e. The second-order valence-corrected chi connectivity index (χ2v) is 9.91. The average Bonchev–Trinajstić information content (AvgIpc) is 3.43. The van der Waals surface area contributed by atoms with Crippen LogP contribution in [0.2, 0.25) is 0 Å². The predicted octanol–water partition coefficient (Wildman–Crippen LogP) is 5.14. The number of carbonyl (C=O) groups excluding carboxylic acids is 2. The van der Waals surface area contributed by atoms with Crippen LogP contribution in [-0.2, 0) is 16.1 Å². The van der Waals surface area contributed by atoms with E-state index in [0.717, 1.165) is 22.4 Å². The number of anilines is 1. The van der Waals surface area contributed by atoms with E-state index in [-0.39, 0.29) is 25.2 Å². The van der Waals surface area contributed by atoms with Gasteiger partial charge >= 0.3 is 0 Å². The summed E-state index contributed by atoms with van der Waals surface area (Å²) >= 11 is 6.73. The first-order valence-electron chi connectivity index (χ1n) is 11.2. The number of thioether (sulfide) groups is 1. The Kier molecular flexibility index (Phi) is 6.92. The normalized spacial score (nSPS) is 15.5. The van der Waals surface area contributed by atoms with Crippen molar-refractivity contribution in [2.75, 3.05) is 18.7 Å². The molecule has 0 unspecified atom stereocenters. The first kappa shape index (κ1) is 23.9. The number of nitrogens with one attached hydrogen (secondary N) is 1. The second-order valence-electron chi connectivity index (χ2n) is 8.23. The zero-order valence-electron chi connectivity index (χ0n) is 19.4. The van der Waals surface area contributed by atoms with E-state index in [1.54, 1.807) is 23.1 Å². The van der Waals surface area contributed by atoms with E-state index >= 15 is 0 Å². The van der Waals surface area contributed by atoms with Crippen LogP contribution in [0.1, 0.15) is 16.7 Å². The summed E-state index contributed by atoms with van der Waals surface area (Å²) in [5.41, 5.74) is 3.45. The fourth-order valence-corrected chi connectivity index (χ4v) is 5.03. The highest BCUT2D eigenvalue weighted by Gasteiger charge is 2.32. The van der Waals surface area contributed by atoms with E-state index in [9.17, 15) is 9.59 Å². The molecule has 2 aliphatic rings. The van der Waals surface area contributed by atoms with Gasteiger partial charge in [0.25, 0.3) is 11.8 Å². The molecule has 1 N–H and O–H groups in total. The van der Waals surface area contributed by atoms with Crippen LogP contribution in [0.3, 0.4) is 0 Å². The summed E-state index contributed by atoms with van der Waals surface area (Å²) in [4.78, 5) is 27.4. The van der Waals surface area contributed by atoms with Crippen molar-refractivity contribution in [1.82, 2.24) is 4.90 Å². The highest BCUT2D eigenvalue weighted by molar-refractivity contribution is 8.26. The number of ether oxygens (including phenoxy) is 3. The van der Waals surface area contributed by atoms with Gasteiger partial charge < -0.3 is 19.5 Å². The molecule has 0 aliphatic carbocycles. The fourth-order valence-electron chi connectivity index (χ4n) is 3.77. The monoisotopic (exact) mass is 518 g/mol. The maximum atomic E-state index is 13.1. The van der Waals surface area contributed by atoms with E-state index in [2.05, 4.69) is 5.32 Å². The molecular formula is C27H22N2O5S2. The highest BCUT2D eigenvalue weighted by Crippen LogP contribution is 2.36. The minimum Gasteiger partial charge on any atom is -0.484 e. The zero-order chi connectivity index (χ0) is 25.1. The summed E-state index contributed by atoms with van der Waals surface area (Å²) in [6, 6.07) is 20.4. The SMILES string of the molecule is Cc1cccc(NC(=O)COc2cccc(/C=C3\SC(=S)N(Cc4ccc5c(c4)OCO5)C3=O)c2)c1. The van der Waals surface area contributed by atoms with Gasteiger partial charge in [-0.3, -0.25) is 14.5 Å². The summed E-state index contributed by atoms with van der Waals surface area (Å²) in [6.07, 6.45) is 1.78. The molecule has 2 heterocycles. The summed E-state index contributed by atoms with van der Waals surface area (Å²) in [5.74, 6) is 1.47. The maximum absolute atomic E-state index is 13.1. The molecule has 1 saturated heterocycles. The Balaban J connectivity index is 1.22. The van der Waals surface area contributed by atoms with Gasteiger partial charge in [0, 0.05) is 5.69 Å². The molecule has 1 fully saturated rings. The molecule has 3 aromatic rings. The Hall–Kier alpha value is -3.82. The molecule has 9 heteroatoms. The Morgan fingerprint density at radius 1 is 1.11 bits per heavy atom. The summed E-state index contributed by atoms with van der Waals surface area (Å²) < 4.78 is 16.9. The van der Waals surface area contributed by atoms with Crippen molar-refractivity contribution < 1.29 is 23.8 Å². The van der Waals surface area contributed by atoms with Gasteiger partial charge in [-0.15, -0.1) is 0 Å². The topological polar surface area (TPSA) is 77.1 Å². The number of hydrogen-bond donors (Lipinski definition) is 1. The van der Waals surface area contributed by atoms with Crippen molar-refractivity contribution in [3.8, 4) is 17.2 Å². The van der Waals surface area contributed by atoms with Crippen LogP contribution < -0.4 is 19.5 Å². The lowest BCUT2D eigenvalue weighted by Gasteiger charge is -2.14. The number of hydrogen-bond acceptors (Lipinski definition) is 7. The molecule has 0 saturated carbocycles. The number of rotatable bonds is 7. The number of thiocarbonyl (C=S) groups is 1. The maximum Gasteiger partial charge on any atom is 0.266 e. The van der Waals surface area contributed by atoms with Crippen molar-refractivity contribution in [1.29, 1.82) is 0 Å². The van der Waals surface area contributed by atoms with Crippen molar-refractivity contribution in [2.24, 2.45) is 0 Å². The standard InChI is InChI=1S/C27H22N2O5S2/c1-17-4-2-6-20(10-17)28-25(30)15-32-21-7-3-5-18(11-21)13-24-26(31)29(27(35)36-24)14-19-8-9-22-23(12-19)34-16-33-22/h2-13H,14-16H2,1H3,(H,28,30)/b24-13-. The minimum absolute atomic E-state index is 0.130. The van der Waals surface area contributed by atoms with Crippen molar-refractivity contribution in [3.05, 3.63) is 88.3 Å². The summed E-state index contributed by atoms with van der Waals surface area (Å²) in [5, 5.41) is 2.82. The first-order valence-corrected chi connectivity index (χ1v) is 12.4. The average molecular weight is 519 g/mol. The van der Waals surface area contributed by atoms with Crippen molar-refractivity contribution in [3.63, 3.8) is 0 Å². The number of nitrogens with zero attached hydrogens (tertiary/aromatic N) is 1. The van der Waals surface area contributed by atoms with Crippen LogP contribution in [0.4, 0.5) is 5.69 Å². The highest BCUT2D eigenvalue weighted by atomic mass is 32.2. The van der Waals surface area contributed by atoms with Gasteiger partial charge in [0.1, 0.15) is 10.1 Å². The molecule has 0 spiro atoms. The van der Waals surface area contributed by atoms with Gasteiger partial charge in [0.05, 0.1) is 11.4 Å². The number of amides is 2. The van der Waals surface area contributed by atoms with Crippen LogP contribution in [0.25, 0.3) is 6.08 Å². The molecule has 182 valence electrons. The Bertz CT molecular complexity index is 1390. The van der Waals surface area contributed by atoms with Crippen LogP contribution in [0.5, 0.6) is 17.2 Å². The predicted molar refractivity (Wildman–Crippen MR) is 143 cm³/mol. The van der Waals surface area contributed by atoms with E-state index < -0.39 is 0 Å². The lowest BCUT2D eigenvalue weighted by Crippen LogP contribution is -2.27. The largest absolute Gasteiger partial charge is 0.484 e. The van der Waals surface area contributed by atoms with Crippen LogP contribution >= 0.6 is 24.0 Å². The molecule has 7 nitrogen and oxygen atoms in total. The molecule has 0 radical (unpaired) electrons. The van der Waals surface area contributed by atoms with Gasteiger partial charge in [-0.1, -0.05) is 54.3 Å². The fraction of sp³-hybridized carbons (Fsp3) is 0.148. The molecule has 0 atom stereocenters. The van der Waals surface area contributed by atoms with E-state index in [1.807, 2.05) is 61.5 Å². The third kappa shape index (κ3) is 5.53. The molecular weight excluding hydrogens is 496 g/mol. The van der Waals surface area contributed by atoms with Gasteiger partial charge in [-0.25, -0.2) is 0 Å². The zero-order valence-corrected chi connectivity index (χ0v) is 21.0. The minimum atomic E-state index is -0.254. The van der Waals surface area contributed by atoms with E-state index in [4.69, 9.17) is 26.4 Å². The third-order valence-electron chi connectivity index (χ3n) is 5.48. The summed E-state index contributed by atoms with van der Waals surface area (Å²) in [6.45, 7) is 2.37. The van der Waals surface area contributed by atoms with Crippen molar-refractivity contribution >= 4 is 51.9 Å². The molecule has 0 aromatic heterocycles. The van der Waals surface area contributed by atoms with Crippen molar-refractivity contribution in [2.45, 2.75) is 13.5 Å². The lowest BCUT2D eigenvalue weighted by molar-refractivity contribution is -0.122. The number of aryl methyl sites for hydroxylation is 1. The van der Waals surface area contributed by atoms with Crippen LogP contribution in [-0.4, -0.2) is 34.4 Å². The van der Waals surface area contributed by atoms with E-state index in [1.165, 1.54) is 11.8 Å². The Labute approximate surface area is 218 Å². The molecule has 0 bridgehead atoms. The Morgan fingerprint density at radius 3 is 2.81 bits per heavy atom. The lowest BCUT2D eigenvalue weighted by atomic mass is 10.1. The first-order chi connectivity index (χ1) is 17.4. The summed E-state index contributed by atoms with van der Waals surface area (Å²) in [7, 11) is 0. The second kappa shape index (κ2) is 10.4. The van der Waals surface area contributed by atoms with Crippen LogP contribution in [0.15, 0.2) is 71.6 Å². The van der Waals surface area contributed by atoms with Gasteiger partial charge in [-0.05, 0) is 66.1 Å². The third-order valence-corrected chi connectivity index (χ3v) is 6.86. The number of benzene rings is 3. The molecule has 3 aromatic carbocycles. The quantitative estimate of drug-likeness (QED) is 0.343. The van der Waals surface area contributed by atoms with E-state index in [0.29, 0.717) is 33.0 Å². The number of fused-ring (bicyclic) bond motifs is 1. The molecule has 5 rings (SSSR count). The van der Waals surface area contributed by atoms with Gasteiger partial charge in [0.2, 0.25) is 6.79 Å². The van der Waals surface area contributed by atoms with Gasteiger partial charge in [-0.2, -0.15) is 0 Å². The number of carbonyl (C=O) groups is 2.